The fourth-order valence-electron chi connectivity index (χ4n) is 4.35. The number of nitrogens with one attached hydrogen (secondary N) is 1. The van der Waals surface area contributed by atoms with E-state index in [4.69, 9.17) is 20.2 Å². The zero-order valence-corrected chi connectivity index (χ0v) is 21.1. The molecule has 2 heterocycles. The van der Waals surface area contributed by atoms with Gasteiger partial charge in [-0.05, 0) is 42.1 Å². The third-order valence-corrected chi connectivity index (χ3v) is 6.94. The highest BCUT2D eigenvalue weighted by atomic mass is 32.1. The molecule has 8 heteroatoms. The van der Waals surface area contributed by atoms with Gasteiger partial charge in [0.2, 0.25) is 0 Å². The SMILES string of the molecule is COc1cc(Cn2c(-c3csc(Nc4cccc5ccccc45)n3)cc(C(N)=O)c2C)cc(OC)c1. The van der Waals surface area contributed by atoms with Gasteiger partial charge in [-0.1, -0.05) is 36.4 Å². The Bertz CT molecular complexity index is 1540. The molecule has 0 radical (unpaired) electrons. The molecule has 0 bridgehead atoms. The van der Waals surface area contributed by atoms with E-state index in [0.717, 1.165) is 44.2 Å². The summed E-state index contributed by atoms with van der Waals surface area (Å²) in [6, 6.07) is 21.9. The van der Waals surface area contributed by atoms with Crippen molar-refractivity contribution in [3.63, 3.8) is 0 Å². The van der Waals surface area contributed by atoms with Crippen LogP contribution in [0, 0.1) is 6.92 Å². The number of carbonyl (C=O) groups is 1. The molecule has 3 aromatic carbocycles. The van der Waals surface area contributed by atoms with Crippen molar-refractivity contribution in [3.8, 4) is 22.9 Å². The molecule has 0 aliphatic heterocycles. The quantitative estimate of drug-likeness (QED) is 0.275. The number of nitrogens with zero attached hydrogens (tertiary/aromatic N) is 2. The Morgan fingerprint density at radius 1 is 1.03 bits per heavy atom. The van der Waals surface area contributed by atoms with Crippen molar-refractivity contribution >= 4 is 38.8 Å². The molecule has 0 atom stereocenters. The molecule has 36 heavy (non-hydrogen) atoms. The van der Waals surface area contributed by atoms with Crippen LogP contribution in [0.1, 0.15) is 21.6 Å². The number of hydrogen-bond acceptors (Lipinski definition) is 6. The average molecular weight is 499 g/mol. The Morgan fingerprint density at radius 3 is 2.47 bits per heavy atom. The van der Waals surface area contributed by atoms with Gasteiger partial charge >= 0.3 is 0 Å². The lowest BCUT2D eigenvalue weighted by Gasteiger charge is -2.13. The lowest BCUT2D eigenvalue weighted by atomic mass is 10.1. The number of anilines is 2. The monoisotopic (exact) mass is 498 g/mol. The molecule has 0 aliphatic rings. The van der Waals surface area contributed by atoms with Crippen LogP contribution in [-0.4, -0.2) is 29.7 Å². The largest absolute Gasteiger partial charge is 0.497 e. The number of hydrogen-bond donors (Lipinski definition) is 2. The Morgan fingerprint density at radius 2 is 1.75 bits per heavy atom. The molecular formula is C28H26N4O3S. The van der Waals surface area contributed by atoms with Crippen LogP contribution >= 0.6 is 11.3 Å². The first-order valence-corrected chi connectivity index (χ1v) is 12.3. The molecular weight excluding hydrogens is 472 g/mol. The minimum atomic E-state index is -0.472. The Balaban J connectivity index is 1.52. The summed E-state index contributed by atoms with van der Waals surface area (Å²) < 4.78 is 12.9. The molecule has 3 N–H and O–H groups in total. The minimum absolute atomic E-state index is 0.469. The third kappa shape index (κ3) is 4.50. The number of thiazole rings is 1. The van der Waals surface area contributed by atoms with E-state index in [-0.39, 0.29) is 0 Å². The van der Waals surface area contributed by atoms with E-state index in [1.54, 1.807) is 14.2 Å². The van der Waals surface area contributed by atoms with Crippen LogP contribution in [0.25, 0.3) is 22.2 Å². The van der Waals surface area contributed by atoms with E-state index in [1.807, 2.05) is 65.4 Å². The number of primary amides is 1. The Kier molecular flexibility index (Phi) is 6.35. The second-order valence-corrected chi connectivity index (χ2v) is 9.25. The predicted molar refractivity (Wildman–Crippen MR) is 145 cm³/mol. The van der Waals surface area contributed by atoms with Crippen LogP contribution in [0.15, 0.2) is 72.1 Å². The maximum atomic E-state index is 12.2. The van der Waals surface area contributed by atoms with E-state index in [1.165, 1.54) is 11.3 Å². The lowest BCUT2D eigenvalue weighted by molar-refractivity contribution is 0.0999. The average Bonchev–Trinajstić information content (AvgIpc) is 3.48. The van der Waals surface area contributed by atoms with Crippen LogP contribution in [0.4, 0.5) is 10.8 Å². The van der Waals surface area contributed by atoms with E-state index in [0.29, 0.717) is 23.6 Å². The Labute approximate surface area is 213 Å². The Hall–Kier alpha value is -4.30. The molecule has 0 fully saturated rings. The highest BCUT2D eigenvalue weighted by molar-refractivity contribution is 7.14. The van der Waals surface area contributed by atoms with E-state index < -0.39 is 5.91 Å². The second kappa shape index (κ2) is 9.75. The molecule has 0 saturated heterocycles. The molecule has 5 aromatic rings. The zero-order chi connectivity index (χ0) is 25.2. The molecule has 7 nitrogen and oxygen atoms in total. The molecule has 0 unspecified atom stereocenters. The number of fused-ring (bicyclic) bond motifs is 1. The van der Waals surface area contributed by atoms with E-state index >= 15 is 0 Å². The fraction of sp³-hybridized carbons (Fsp3) is 0.143. The molecule has 182 valence electrons. The number of carbonyl (C=O) groups excluding carboxylic acids is 1. The van der Waals surface area contributed by atoms with Crippen LogP contribution < -0.4 is 20.5 Å². The second-order valence-electron chi connectivity index (χ2n) is 8.39. The van der Waals surface area contributed by atoms with Crippen LogP contribution in [0.3, 0.4) is 0 Å². The van der Waals surface area contributed by atoms with Gasteiger partial charge in [-0.3, -0.25) is 4.79 Å². The van der Waals surface area contributed by atoms with Gasteiger partial charge in [-0.2, -0.15) is 0 Å². The van der Waals surface area contributed by atoms with Gasteiger partial charge in [0.05, 0.1) is 31.2 Å². The number of amides is 1. The summed E-state index contributed by atoms with van der Waals surface area (Å²) in [7, 11) is 3.24. The topological polar surface area (TPSA) is 91.4 Å². The first-order chi connectivity index (χ1) is 17.5. The molecule has 2 aromatic heterocycles. The summed E-state index contributed by atoms with van der Waals surface area (Å²) in [4.78, 5) is 17.0. The summed E-state index contributed by atoms with van der Waals surface area (Å²) >= 11 is 1.51. The van der Waals surface area contributed by atoms with Gasteiger partial charge in [-0.15, -0.1) is 11.3 Å². The number of nitrogens with two attached hydrogens (primary N) is 1. The highest BCUT2D eigenvalue weighted by Gasteiger charge is 2.19. The summed E-state index contributed by atoms with van der Waals surface area (Å²) in [5.74, 6) is 0.919. The van der Waals surface area contributed by atoms with Crippen molar-refractivity contribution in [2.24, 2.45) is 5.73 Å². The smallest absolute Gasteiger partial charge is 0.250 e. The molecule has 1 amide bonds. The van der Waals surface area contributed by atoms with Gasteiger partial charge in [0.25, 0.3) is 5.91 Å². The molecule has 0 spiro atoms. The zero-order valence-electron chi connectivity index (χ0n) is 20.2. The highest BCUT2D eigenvalue weighted by Crippen LogP contribution is 2.33. The van der Waals surface area contributed by atoms with Gasteiger partial charge in [0, 0.05) is 34.8 Å². The normalized spacial score (nSPS) is 11.0. The van der Waals surface area contributed by atoms with Crippen LogP contribution in [0.5, 0.6) is 11.5 Å². The first kappa shape index (κ1) is 23.4. The molecule has 5 rings (SSSR count). The van der Waals surface area contributed by atoms with Crippen LogP contribution in [-0.2, 0) is 6.54 Å². The van der Waals surface area contributed by atoms with E-state index in [9.17, 15) is 4.79 Å². The van der Waals surface area contributed by atoms with Crippen molar-refractivity contribution in [2.45, 2.75) is 13.5 Å². The van der Waals surface area contributed by atoms with Crippen molar-refractivity contribution in [3.05, 3.63) is 88.9 Å². The number of aromatic nitrogens is 2. The summed E-state index contributed by atoms with van der Waals surface area (Å²) in [6.07, 6.45) is 0. The number of methoxy groups -OCH3 is 2. The minimum Gasteiger partial charge on any atom is -0.497 e. The summed E-state index contributed by atoms with van der Waals surface area (Å²) in [6.45, 7) is 2.38. The van der Waals surface area contributed by atoms with Crippen molar-refractivity contribution in [2.75, 3.05) is 19.5 Å². The third-order valence-electron chi connectivity index (χ3n) is 6.18. The predicted octanol–water partition coefficient (Wildman–Crippen LogP) is 5.98. The maximum Gasteiger partial charge on any atom is 0.250 e. The molecule has 0 saturated carbocycles. The van der Waals surface area contributed by atoms with Gasteiger partial charge in [-0.25, -0.2) is 4.98 Å². The van der Waals surface area contributed by atoms with Crippen molar-refractivity contribution in [1.29, 1.82) is 0 Å². The summed E-state index contributed by atoms with van der Waals surface area (Å²) in [5.41, 5.74) is 10.5. The maximum absolute atomic E-state index is 12.2. The molecule has 0 aliphatic carbocycles. The standard InChI is InChI=1S/C28H26N4O3S/c1-17-23(27(29)33)14-26(32(17)15-18-11-20(34-2)13-21(12-18)35-3)25-16-36-28(31-25)30-24-10-6-8-19-7-4-5-9-22(19)24/h4-14,16H,15H2,1-3H3,(H2,29,33)(H,30,31). The van der Waals surface area contributed by atoms with Gasteiger partial charge in [0.15, 0.2) is 5.13 Å². The van der Waals surface area contributed by atoms with Crippen molar-refractivity contribution in [1.82, 2.24) is 9.55 Å². The van der Waals surface area contributed by atoms with Crippen molar-refractivity contribution < 1.29 is 14.3 Å². The number of ether oxygens (including phenoxy) is 2. The first-order valence-electron chi connectivity index (χ1n) is 11.4. The number of rotatable bonds is 8. The van der Waals surface area contributed by atoms with Gasteiger partial charge < -0.3 is 25.1 Å². The lowest BCUT2D eigenvalue weighted by Crippen LogP contribution is -2.12. The van der Waals surface area contributed by atoms with Gasteiger partial charge in [0.1, 0.15) is 11.5 Å². The summed E-state index contributed by atoms with van der Waals surface area (Å²) in [5, 5.41) is 8.48. The number of benzene rings is 3. The fourth-order valence-corrected chi connectivity index (χ4v) is 5.07. The van der Waals surface area contributed by atoms with Crippen LogP contribution in [0.2, 0.25) is 0 Å². The van der Waals surface area contributed by atoms with E-state index in [2.05, 4.69) is 23.5 Å².